The molecular formula is C14H17NO2. The van der Waals surface area contributed by atoms with E-state index in [9.17, 15) is 9.59 Å². The van der Waals surface area contributed by atoms with E-state index in [1.165, 1.54) is 0 Å². The van der Waals surface area contributed by atoms with Crippen LogP contribution in [0.15, 0.2) is 18.2 Å². The van der Waals surface area contributed by atoms with Crippen molar-refractivity contribution < 1.29 is 9.59 Å². The van der Waals surface area contributed by atoms with E-state index in [-0.39, 0.29) is 23.7 Å². The molecule has 1 aliphatic heterocycles. The second-order valence-electron chi connectivity index (χ2n) is 4.82. The van der Waals surface area contributed by atoms with Crippen molar-refractivity contribution in [2.45, 2.75) is 33.1 Å². The van der Waals surface area contributed by atoms with Crippen LogP contribution in [0.4, 0.5) is 0 Å². The van der Waals surface area contributed by atoms with Gasteiger partial charge >= 0.3 is 0 Å². The number of aryl methyl sites for hydroxylation is 2. The average molecular weight is 231 g/mol. The van der Waals surface area contributed by atoms with Gasteiger partial charge in [0.05, 0.1) is 0 Å². The summed E-state index contributed by atoms with van der Waals surface area (Å²) in [7, 11) is 0. The molecule has 0 saturated carbocycles. The highest BCUT2D eigenvalue weighted by Gasteiger charge is 2.34. The Morgan fingerprint density at radius 3 is 2.35 bits per heavy atom. The Morgan fingerprint density at radius 1 is 1.18 bits per heavy atom. The van der Waals surface area contributed by atoms with Crippen LogP contribution in [0.3, 0.4) is 0 Å². The molecule has 1 aliphatic rings. The van der Waals surface area contributed by atoms with Crippen LogP contribution in [-0.4, -0.2) is 11.8 Å². The zero-order valence-electron chi connectivity index (χ0n) is 10.4. The Labute approximate surface area is 101 Å². The fraction of sp³-hybridized carbons (Fsp3) is 0.429. The first-order valence-corrected chi connectivity index (χ1v) is 5.90. The summed E-state index contributed by atoms with van der Waals surface area (Å²) in [6.07, 6.45) is 0.401. The smallest absolute Gasteiger partial charge is 0.230 e. The van der Waals surface area contributed by atoms with E-state index in [1.807, 2.05) is 39.0 Å². The molecule has 90 valence electrons. The minimum atomic E-state index is -0.166. The molecule has 2 atom stereocenters. The van der Waals surface area contributed by atoms with Crippen LogP contribution in [0.25, 0.3) is 0 Å². The number of amides is 2. The molecule has 0 bridgehead atoms. The predicted octanol–water partition coefficient (Wildman–Crippen LogP) is 2.07. The van der Waals surface area contributed by atoms with E-state index < -0.39 is 0 Å². The molecule has 2 unspecified atom stereocenters. The first-order valence-electron chi connectivity index (χ1n) is 5.90. The number of carbonyl (C=O) groups is 2. The third-order valence-electron chi connectivity index (χ3n) is 3.60. The molecule has 0 spiro atoms. The summed E-state index contributed by atoms with van der Waals surface area (Å²) in [4.78, 5) is 23.2. The summed E-state index contributed by atoms with van der Waals surface area (Å²) in [5, 5.41) is 2.39. The van der Waals surface area contributed by atoms with Gasteiger partial charge in [-0.3, -0.25) is 14.9 Å². The molecule has 1 aromatic rings. The molecule has 1 fully saturated rings. The lowest BCUT2D eigenvalue weighted by molar-refractivity contribution is -0.136. The number of hydrogen-bond donors (Lipinski definition) is 1. The van der Waals surface area contributed by atoms with Crippen molar-refractivity contribution in [3.8, 4) is 0 Å². The lowest BCUT2D eigenvalue weighted by Crippen LogP contribution is -2.43. The molecular weight excluding hydrogens is 214 g/mol. The Morgan fingerprint density at radius 2 is 1.76 bits per heavy atom. The fourth-order valence-electron chi connectivity index (χ4n) is 2.63. The fourth-order valence-corrected chi connectivity index (χ4v) is 2.63. The van der Waals surface area contributed by atoms with Crippen molar-refractivity contribution in [3.05, 3.63) is 34.9 Å². The monoisotopic (exact) mass is 231 g/mol. The molecule has 17 heavy (non-hydrogen) atoms. The van der Waals surface area contributed by atoms with Crippen LogP contribution in [0.5, 0.6) is 0 Å². The summed E-state index contributed by atoms with van der Waals surface area (Å²) >= 11 is 0. The number of nitrogens with one attached hydrogen (secondary N) is 1. The van der Waals surface area contributed by atoms with Gasteiger partial charge in [0.2, 0.25) is 11.8 Å². The number of piperidine rings is 1. The van der Waals surface area contributed by atoms with Crippen molar-refractivity contribution in [2.75, 3.05) is 0 Å². The first kappa shape index (κ1) is 11.8. The largest absolute Gasteiger partial charge is 0.296 e. The van der Waals surface area contributed by atoms with E-state index >= 15 is 0 Å². The van der Waals surface area contributed by atoms with Gasteiger partial charge in [-0.1, -0.05) is 25.1 Å². The molecule has 0 aliphatic carbocycles. The lowest BCUT2D eigenvalue weighted by Gasteiger charge is -2.30. The number of imide groups is 1. The summed E-state index contributed by atoms with van der Waals surface area (Å²) in [5.41, 5.74) is 3.47. The molecule has 2 amide bonds. The molecule has 2 rings (SSSR count). The minimum absolute atomic E-state index is 0.0115. The van der Waals surface area contributed by atoms with Crippen LogP contribution in [0.2, 0.25) is 0 Å². The van der Waals surface area contributed by atoms with E-state index in [2.05, 4.69) is 5.32 Å². The van der Waals surface area contributed by atoms with Crippen molar-refractivity contribution in [1.29, 1.82) is 0 Å². The van der Waals surface area contributed by atoms with Crippen molar-refractivity contribution in [3.63, 3.8) is 0 Å². The first-order chi connectivity index (χ1) is 8.00. The van der Waals surface area contributed by atoms with Crippen LogP contribution in [-0.2, 0) is 9.59 Å². The Kier molecular flexibility index (Phi) is 3.01. The second-order valence-corrected chi connectivity index (χ2v) is 4.82. The third-order valence-corrected chi connectivity index (χ3v) is 3.60. The molecule has 0 aromatic heterocycles. The van der Waals surface area contributed by atoms with Gasteiger partial charge in [0.25, 0.3) is 0 Å². The number of benzene rings is 1. The molecule has 1 N–H and O–H groups in total. The Hall–Kier alpha value is -1.64. The zero-order valence-corrected chi connectivity index (χ0v) is 10.4. The molecule has 0 radical (unpaired) electrons. The Bertz CT molecular complexity index is 459. The standard InChI is InChI=1S/C14H17NO2/c1-8-5-4-6-9(2)13(8)11-7-12(16)15-14(17)10(11)3/h4-6,10-11H,7H2,1-3H3,(H,15,16,17). The highest BCUT2D eigenvalue weighted by Crippen LogP contribution is 2.34. The average Bonchev–Trinajstić information content (AvgIpc) is 2.24. The van der Waals surface area contributed by atoms with Gasteiger partial charge in [0.15, 0.2) is 0 Å². The maximum absolute atomic E-state index is 11.7. The van der Waals surface area contributed by atoms with Gasteiger partial charge in [0, 0.05) is 18.3 Å². The van der Waals surface area contributed by atoms with Gasteiger partial charge < -0.3 is 0 Å². The molecule has 3 nitrogen and oxygen atoms in total. The highest BCUT2D eigenvalue weighted by molar-refractivity contribution is 5.99. The highest BCUT2D eigenvalue weighted by atomic mass is 16.2. The van der Waals surface area contributed by atoms with Crippen LogP contribution < -0.4 is 5.32 Å². The normalized spacial score (nSPS) is 24.6. The molecule has 1 heterocycles. The van der Waals surface area contributed by atoms with Crippen LogP contribution >= 0.6 is 0 Å². The van der Waals surface area contributed by atoms with Gasteiger partial charge in [-0.05, 0) is 30.5 Å². The summed E-state index contributed by atoms with van der Waals surface area (Å²) in [6, 6.07) is 6.07. The lowest BCUT2D eigenvalue weighted by atomic mass is 9.78. The van der Waals surface area contributed by atoms with Gasteiger partial charge in [-0.25, -0.2) is 0 Å². The molecule has 1 saturated heterocycles. The third kappa shape index (κ3) is 2.09. The Balaban J connectivity index is 2.44. The second kappa shape index (κ2) is 4.32. The van der Waals surface area contributed by atoms with Gasteiger partial charge in [-0.2, -0.15) is 0 Å². The summed E-state index contributed by atoms with van der Waals surface area (Å²) in [6.45, 7) is 5.95. The molecule has 3 heteroatoms. The molecule has 1 aromatic carbocycles. The zero-order chi connectivity index (χ0) is 12.6. The summed E-state index contributed by atoms with van der Waals surface area (Å²) < 4.78 is 0. The van der Waals surface area contributed by atoms with E-state index in [4.69, 9.17) is 0 Å². The van der Waals surface area contributed by atoms with Crippen LogP contribution in [0.1, 0.15) is 36.0 Å². The topological polar surface area (TPSA) is 46.2 Å². The summed E-state index contributed by atoms with van der Waals surface area (Å²) in [5.74, 6) is -0.459. The maximum atomic E-state index is 11.7. The van der Waals surface area contributed by atoms with Crippen molar-refractivity contribution >= 4 is 11.8 Å². The quantitative estimate of drug-likeness (QED) is 0.752. The number of hydrogen-bond acceptors (Lipinski definition) is 2. The SMILES string of the molecule is Cc1cccc(C)c1C1CC(=O)NC(=O)C1C. The van der Waals surface area contributed by atoms with Gasteiger partial charge in [0.1, 0.15) is 0 Å². The van der Waals surface area contributed by atoms with Gasteiger partial charge in [-0.15, -0.1) is 0 Å². The van der Waals surface area contributed by atoms with Crippen LogP contribution in [0, 0.1) is 19.8 Å². The van der Waals surface area contributed by atoms with Crippen molar-refractivity contribution in [2.24, 2.45) is 5.92 Å². The van der Waals surface area contributed by atoms with Crippen molar-refractivity contribution in [1.82, 2.24) is 5.32 Å². The van der Waals surface area contributed by atoms with E-state index in [0.717, 1.165) is 16.7 Å². The minimum Gasteiger partial charge on any atom is -0.296 e. The van der Waals surface area contributed by atoms with E-state index in [1.54, 1.807) is 0 Å². The van der Waals surface area contributed by atoms with E-state index in [0.29, 0.717) is 6.42 Å². The maximum Gasteiger partial charge on any atom is 0.230 e. The number of rotatable bonds is 1. The predicted molar refractivity (Wildman–Crippen MR) is 65.6 cm³/mol. The number of carbonyl (C=O) groups excluding carboxylic acids is 2.